The zero-order chi connectivity index (χ0) is 18.7. The summed E-state index contributed by atoms with van der Waals surface area (Å²) in [6, 6.07) is 4.44. The predicted molar refractivity (Wildman–Crippen MR) is 93.4 cm³/mol. The summed E-state index contributed by atoms with van der Waals surface area (Å²) < 4.78 is 24.8. The molecule has 0 saturated carbocycles. The van der Waals surface area contributed by atoms with Gasteiger partial charge in [0.1, 0.15) is 0 Å². The summed E-state index contributed by atoms with van der Waals surface area (Å²) in [6.45, 7) is -0.0526. The molecule has 0 aliphatic heterocycles. The standard InChI is InChI=1S/C15H16N6O4S/c1-26(24,25)12-6-11(7-16-8-12)10-2-3-13-18-14(20-21(13)9-10)19-15(23)17-4-5-22/h2-3,6-9,22H,4-5H2,1H3,(H2,17,19,20,23). The number of hydrogen-bond donors (Lipinski definition) is 3. The van der Waals surface area contributed by atoms with Gasteiger partial charge in [0.15, 0.2) is 15.5 Å². The van der Waals surface area contributed by atoms with Gasteiger partial charge in [0.25, 0.3) is 5.95 Å². The molecular weight excluding hydrogens is 360 g/mol. The molecule has 26 heavy (non-hydrogen) atoms. The van der Waals surface area contributed by atoms with Crippen LogP contribution in [0.3, 0.4) is 0 Å². The number of aliphatic hydroxyl groups excluding tert-OH is 1. The van der Waals surface area contributed by atoms with E-state index in [1.165, 1.54) is 16.8 Å². The van der Waals surface area contributed by atoms with E-state index in [9.17, 15) is 13.2 Å². The van der Waals surface area contributed by atoms with Crippen molar-refractivity contribution >= 4 is 27.5 Å². The van der Waals surface area contributed by atoms with Gasteiger partial charge in [-0.25, -0.2) is 17.7 Å². The van der Waals surface area contributed by atoms with E-state index in [2.05, 4.69) is 25.7 Å². The van der Waals surface area contributed by atoms with Crippen LogP contribution < -0.4 is 10.6 Å². The third-order valence-electron chi connectivity index (χ3n) is 3.43. The minimum atomic E-state index is -3.36. The number of nitrogens with zero attached hydrogens (tertiary/aromatic N) is 4. The fourth-order valence-electron chi connectivity index (χ4n) is 2.20. The van der Waals surface area contributed by atoms with E-state index in [1.54, 1.807) is 24.5 Å². The van der Waals surface area contributed by atoms with Crippen molar-refractivity contribution in [1.29, 1.82) is 0 Å². The molecule has 2 amide bonds. The Hall–Kier alpha value is -3.05. The normalized spacial score (nSPS) is 11.5. The van der Waals surface area contributed by atoms with Crippen LogP contribution in [0, 0.1) is 0 Å². The molecule has 10 nitrogen and oxygen atoms in total. The van der Waals surface area contributed by atoms with E-state index >= 15 is 0 Å². The summed E-state index contributed by atoms with van der Waals surface area (Å²) in [4.78, 5) is 19.8. The summed E-state index contributed by atoms with van der Waals surface area (Å²) in [5, 5.41) is 17.7. The fraction of sp³-hybridized carbons (Fsp3) is 0.200. The molecule has 0 saturated heterocycles. The Morgan fingerprint density at radius 3 is 2.81 bits per heavy atom. The van der Waals surface area contributed by atoms with Crippen molar-refractivity contribution in [2.24, 2.45) is 0 Å². The van der Waals surface area contributed by atoms with Crippen molar-refractivity contribution < 1.29 is 18.3 Å². The van der Waals surface area contributed by atoms with Crippen molar-refractivity contribution in [3.05, 3.63) is 36.8 Å². The quantitative estimate of drug-likeness (QED) is 0.582. The van der Waals surface area contributed by atoms with Crippen LogP contribution in [0.25, 0.3) is 16.8 Å². The number of aliphatic hydroxyl groups is 1. The second-order valence-electron chi connectivity index (χ2n) is 5.44. The van der Waals surface area contributed by atoms with Crippen LogP contribution in [0.2, 0.25) is 0 Å². The number of anilines is 1. The Morgan fingerprint density at radius 1 is 1.27 bits per heavy atom. The molecule has 3 heterocycles. The minimum absolute atomic E-state index is 0.0978. The Labute approximate surface area is 148 Å². The average Bonchev–Trinajstić information content (AvgIpc) is 3.00. The molecule has 0 aliphatic carbocycles. The number of aromatic nitrogens is 4. The van der Waals surface area contributed by atoms with Crippen molar-refractivity contribution in [3.8, 4) is 11.1 Å². The molecule has 0 atom stereocenters. The Balaban J connectivity index is 1.89. The van der Waals surface area contributed by atoms with Gasteiger partial charge in [0.2, 0.25) is 0 Å². The lowest BCUT2D eigenvalue weighted by atomic mass is 10.1. The Bertz CT molecular complexity index is 1060. The van der Waals surface area contributed by atoms with Gasteiger partial charge in [0, 0.05) is 42.5 Å². The predicted octanol–water partition coefficient (Wildman–Crippen LogP) is 0.309. The molecular formula is C15H16N6O4S. The first kappa shape index (κ1) is 17.8. The highest BCUT2D eigenvalue weighted by atomic mass is 32.2. The van der Waals surface area contributed by atoms with Crippen molar-refractivity contribution in [2.75, 3.05) is 24.7 Å². The second kappa shape index (κ2) is 7.06. The number of amides is 2. The van der Waals surface area contributed by atoms with Crippen LogP contribution in [0.4, 0.5) is 10.7 Å². The first-order chi connectivity index (χ1) is 12.4. The van der Waals surface area contributed by atoms with Crippen molar-refractivity contribution in [2.45, 2.75) is 4.90 Å². The van der Waals surface area contributed by atoms with Crippen LogP contribution in [-0.4, -0.2) is 58.5 Å². The molecule has 3 aromatic heterocycles. The maximum atomic E-state index is 11.7. The van der Waals surface area contributed by atoms with Crippen LogP contribution in [-0.2, 0) is 9.84 Å². The summed E-state index contributed by atoms with van der Waals surface area (Å²) in [5.74, 6) is 0.0978. The molecule has 0 fully saturated rings. The van der Waals surface area contributed by atoms with Crippen LogP contribution in [0.15, 0.2) is 41.7 Å². The van der Waals surface area contributed by atoms with Gasteiger partial charge in [-0.05, 0) is 18.2 Å². The van der Waals surface area contributed by atoms with E-state index < -0.39 is 15.9 Å². The molecule has 0 aliphatic rings. The third-order valence-corrected chi connectivity index (χ3v) is 4.51. The van der Waals surface area contributed by atoms with Gasteiger partial charge >= 0.3 is 6.03 Å². The molecule has 0 radical (unpaired) electrons. The second-order valence-corrected chi connectivity index (χ2v) is 7.46. The number of nitrogens with one attached hydrogen (secondary N) is 2. The number of hydrogen-bond acceptors (Lipinski definition) is 7. The molecule has 11 heteroatoms. The number of rotatable bonds is 5. The lowest BCUT2D eigenvalue weighted by molar-refractivity contribution is 0.244. The molecule has 0 spiro atoms. The number of pyridine rings is 2. The lowest BCUT2D eigenvalue weighted by Crippen LogP contribution is -2.31. The highest BCUT2D eigenvalue weighted by Crippen LogP contribution is 2.22. The summed E-state index contributed by atoms with van der Waals surface area (Å²) in [7, 11) is -3.36. The van der Waals surface area contributed by atoms with Gasteiger partial charge in [-0.2, -0.15) is 4.98 Å². The van der Waals surface area contributed by atoms with Gasteiger partial charge in [-0.15, -0.1) is 5.10 Å². The number of carbonyl (C=O) groups excluding carboxylic acids is 1. The minimum Gasteiger partial charge on any atom is -0.395 e. The number of carbonyl (C=O) groups is 1. The number of fused-ring (bicyclic) bond motifs is 1. The average molecular weight is 376 g/mol. The van der Waals surface area contributed by atoms with E-state index in [0.29, 0.717) is 16.8 Å². The summed E-state index contributed by atoms with van der Waals surface area (Å²) in [6.07, 6.45) is 5.62. The molecule has 3 N–H and O–H groups in total. The molecule has 3 rings (SSSR count). The summed E-state index contributed by atoms with van der Waals surface area (Å²) in [5.41, 5.74) is 1.80. The first-order valence-corrected chi connectivity index (χ1v) is 9.43. The number of sulfone groups is 1. The molecule has 0 aromatic carbocycles. The van der Waals surface area contributed by atoms with Crippen LogP contribution in [0.5, 0.6) is 0 Å². The van der Waals surface area contributed by atoms with Crippen molar-refractivity contribution in [3.63, 3.8) is 0 Å². The SMILES string of the molecule is CS(=O)(=O)c1cncc(-c2ccc3nc(NC(=O)NCCO)nn3c2)c1. The van der Waals surface area contributed by atoms with Crippen LogP contribution >= 0.6 is 0 Å². The van der Waals surface area contributed by atoms with E-state index in [0.717, 1.165) is 6.26 Å². The maximum Gasteiger partial charge on any atom is 0.321 e. The third kappa shape index (κ3) is 3.95. The Kier molecular flexibility index (Phi) is 4.82. The van der Waals surface area contributed by atoms with E-state index in [1.807, 2.05) is 0 Å². The molecule has 3 aromatic rings. The zero-order valence-corrected chi connectivity index (χ0v) is 14.6. The maximum absolute atomic E-state index is 11.7. The van der Waals surface area contributed by atoms with Gasteiger partial charge < -0.3 is 10.4 Å². The molecule has 0 unspecified atom stereocenters. The van der Waals surface area contributed by atoms with Gasteiger partial charge in [0.05, 0.1) is 11.5 Å². The summed E-state index contributed by atoms with van der Waals surface area (Å²) >= 11 is 0. The molecule has 0 bridgehead atoms. The topological polar surface area (TPSA) is 139 Å². The zero-order valence-electron chi connectivity index (χ0n) is 13.7. The Morgan fingerprint density at radius 2 is 2.08 bits per heavy atom. The van der Waals surface area contributed by atoms with Crippen LogP contribution in [0.1, 0.15) is 0 Å². The smallest absolute Gasteiger partial charge is 0.321 e. The van der Waals surface area contributed by atoms with E-state index in [-0.39, 0.29) is 24.0 Å². The van der Waals surface area contributed by atoms with Crippen molar-refractivity contribution in [1.82, 2.24) is 24.9 Å². The molecule has 136 valence electrons. The fourth-order valence-corrected chi connectivity index (χ4v) is 2.79. The van der Waals surface area contributed by atoms with Gasteiger partial charge in [-0.1, -0.05) is 0 Å². The highest BCUT2D eigenvalue weighted by molar-refractivity contribution is 7.90. The lowest BCUT2D eigenvalue weighted by Gasteiger charge is -2.04. The first-order valence-electron chi connectivity index (χ1n) is 7.54. The van der Waals surface area contributed by atoms with E-state index in [4.69, 9.17) is 5.11 Å². The highest BCUT2D eigenvalue weighted by Gasteiger charge is 2.11. The monoisotopic (exact) mass is 376 g/mol. The van der Waals surface area contributed by atoms with Gasteiger partial charge in [-0.3, -0.25) is 10.3 Å². The number of urea groups is 1. The largest absolute Gasteiger partial charge is 0.395 e.